The third kappa shape index (κ3) is 2.62. The lowest BCUT2D eigenvalue weighted by Gasteiger charge is -2.24. The zero-order valence-electron chi connectivity index (χ0n) is 10.3. The molecule has 1 aliphatic rings. The van der Waals surface area contributed by atoms with Crippen LogP contribution < -0.4 is 5.32 Å². The molecule has 0 radical (unpaired) electrons. The maximum absolute atomic E-state index is 4.48. The topological polar surface area (TPSA) is 28.2 Å². The van der Waals surface area contributed by atoms with Gasteiger partial charge in [0.1, 0.15) is 5.01 Å². The number of hydrogen-bond acceptors (Lipinski definition) is 4. The fourth-order valence-electron chi connectivity index (χ4n) is 2.40. The Hall–Kier alpha value is -0.450. The molecular weight excluding hydrogens is 218 g/mol. The quantitative estimate of drug-likeness (QED) is 0.872. The second-order valence-electron chi connectivity index (χ2n) is 4.91. The molecule has 4 heteroatoms. The van der Waals surface area contributed by atoms with E-state index in [4.69, 9.17) is 0 Å². The SMILES string of the molecule is CC(C)NCC1CCN(C)C1c1nccs1. The van der Waals surface area contributed by atoms with E-state index in [1.807, 2.05) is 6.20 Å². The highest BCUT2D eigenvalue weighted by Gasteiger charge is 2.34. The van der Waals surface area contributed by atoms with Crippen LogP contribution >= 0.6 is 11.3 Å². The predicted molar refractivity (Wildman–Crippen MR) is 68.7 cm³/mol. The normalized spacial score (nSPS) is 26.8. The molecule has 2 rings (SSSR count). The van der Waals surface area contributed by atoms with E-state index in [0.717, 1.165) is 6.54 Å². The minimum Gasteiger partial charge on any atom is -0.314 e. The number of thiazole rings is 1. The molecule has 0 bridgehead atoms. The van der Waals surface area contributed by atoms with E-state index >= 15 is 0 Å². The summed E-state index contributed by atoms with van der Waals surface area (Å²) in [7, 11) is 2.21. The average molecular weight is 239 g/mol. The summed E-state index contributed by atoms with van der Waals surface area (Å²) in [6.07, 6.45) is 3.19. The van der Waals surface area contributed by atoms with Crippen molar-refractivity contribution in [3.8, 4) is 0 Å². The van der Waals surface area contributed by atoms with Crippen molar-refractivity contribution >= 4 is 11.3 Å². The zero-order chi connectivity index (χ0) is 11.5. The largest absolute Gasteiger partial charge is 0.314 e. The van der Waals surface area contributed by atoms with E-state index in [0.29, 0.717) is 18.0 Å². The molecule has 2 unspecified atom stereocenters. The van der Waals surface area contributed by atoms with Gasteiger partial charge in [-0.05, 0) is 25.9 Å². The van der Waals surface area contributed by atoms with Gasteiger partial charge < -0.3 is 5.32 Å². The predicted octanol–water partition coefficient (Wildman–Crippen LogP) is 2.13. The molecule has 0 spiro atoms. The van der Waals surface area contributed by atoms with Gasteiger partial charge in [0.05, 0.1) is 6.04 Å². The number of aromatic nitrogens is 1. The first-order valence-electron chi connectivity index (χ1n) is 6.01. The molecule has 0 aromatic carbocycles. The summed E-state index contributed by atoms with van der Waals surface area (Å²) in [5.41, 5.74) is 0. The van der Waals surface area contributed by atoms with Gasteiger partial charge in [-0.2, -0.15) is 0 Å². The van der Waals surface area contributed by atoms with Crippen LogP contribution in [-0.2, 0) is 0 Å². The maximum Gasteiger partial charge on any atom is 0.110 e. The van der Waals surface area contributed by atoms with E-state index in [1.54, 1.807) is 11.3 Å². The Kier molecular flexibility index (Phi) is 3.95. The van der Waals surface area contributed by atoms with E-state index < -0.39 is 0 Å². The van der Waals surface area contributed by atoms with Gasteiger partial charge in [-0.25, -0.2) is 4.98 Å². The zero-order valence-corrected chi connectivity index (χ0v) is 11.1. The fraction of sp³-hybridized carbons (Fsp3) is 0.750. The number of hydrogen-bond donors (Lipinski definition) is 1. The Morgan fingerprint density at radius 2 is 2.44 bits per heavy atom. The lowest BCUT2D eigenvalue weighted by atomic mass is 10.0. The van der Waals surface area contributed by atoms with Crippen LogP contribution in [0.2, 0.25) is 0 Å². The van der Waals surface area contributed by atoms with Gasteiger partial charge in [-0.3, -0.25) is 4.90 Å². The van der Waals surface area contributed by atoms with Gasteiger partial charge in [-0.15, -0.1) is 11.3 Å². The van der Waals surface area contributed by atoms with Crippen molar-refractivity contribution in [1.82, 2.24) is 15.2 Å². The first-order valence-corrected chi connectivity index (χ1v) is 6.89. The van der Waals surface area contributed by atoms with Crippen LogP contribution in [0.1, 0.15) is 31.3 Å². The molecule has 0 aliphatic carbocycles. The minimum atomic E-state index is 0.520. The first-order chi connectivity index (χ1) is 7.68. The molecule has 1 saturated heterocycles. The summed E-state index contributed by atoms with van der Waals surface area (Å²) in [4.78, 5) is 6.91. The monoisotopic (exact) mass is 239 g/mol. The molecule has 0 amide bonds. The van der Waals surface area contributed by atoms with E-state index in [-0.39, 0.29) is 0 Å². The molecule has 16 heavy (non-hydrogen) atoms. The molecule has 2 atom stereocenters. The second-order valence-corrected chi connectivity index (χ2v) is 5.83. The molecular formula is C12H21N3S. The fourth-order valence-corrected chi connectivity index (χ4v) is 3.29. The van der Waals surface area contributed by atoms with Crippen LogP contribution in [0.25, 0.3) is 0 Å². The summed E-state index contributed by atoms with van der Waals surface area (Å²) in [6, 6.07) is 1.09. The van der Waals surface area contributed by atoms with Crippen LogP contribution in [-0.4, -0.2) is 36.1 Å². The molecule has 1 aliphatic heterocycles. The number of nitrogens with one attached hydrogen (secondary N) is 1. The number of rotatable bonds is 4. The van der Waals surface area contributed by atoms with Crippen LogP contribution in [0.4, 0.5) is 0 Å². The van der Waals surface area contributed by atoms with Crippen LogP contribution in [0, 0.1) is 5.92 Å². The average Bonchev–Trinajstić information content (AvgIpc) is 2.83. The van der Waals surface area contributed by atoms with E-state index in [9.17, 15) is 0 Å². The van der Waals surface area contributed by atoms with Gasteiger partial charge >= 0.3 is 0 Å². The molecule has 2 heterocycles. The Morgan fingerprint density at radius 3 is 3.06 bits per heavy atom. The highest BCUT2D eigenvalue weighted by molar-refractivity contribution is 7.09. The van der Waals surface area contributed by atoms with Gasteiger partial charge in [-0.1, -0.05) is 13.8 Å². The Morgan fingerprint density at radius 1 is 1.62 bits per heavy atom. The lowest BCUT2D eigenvalue weighted by molar-refractivity contribution is 0.269. The van der Waals surface area contributed by atoms with Crippen molar-refractivity contribution in [2.45, 2.75) is 32.4 Å². The third-order valence-corrected chi connectivity index (χ3v) is 4.11. The molecule has 1 N–H and O–H groups in total. The van der Waals surface area contributed by atoms with Crippen molar-refractivity contribution in [1.29, 1.82) is 0 Å². The highest BCUT2D eigenvalue weighted by Crippen LogP contribution is 2.36. The van der Waals surface area contributed by atoms with Crippen LogP contribution in [0.15, 0.2) is 11.6 Å². The lowest BCUT2D eigenvalue weighted by Crippen LogP contribution is -2.32. The molecule has 90 valence electrons. The van der Waals surface area contributed by atoms with Gasteiger partial charge in [0.2, 0.25) is 0 Å². The van der Waals surface area contributed by atoms with E-state index in [1.165, 1.54) is 18.0 Å². The summed E-state index contributed by atoms with van der Waals surface area (Å²) in [6.45, 7) is 6.70. The van der Waals surface area contributed by atoms with Crippen molar-refractivity contribution in [3.63, 3.8) is 0 Å². The van der Waals surface area contributed by atoms with Crippen molar-refractivity contribution in [2.24, 2.45) is 5.92 Å². The standard InChI is InChI=1S/C12H21N3S/c1-9(2)14-8-10-4-6-15(3)11(10)12-13-5-7-16-12/h5,7,9-11,14H,4,6,8H2,1-3H3. The molecule has 1 aromatic rings. The van der Waals surface area contributed by atoms with Crippen molar-refractivity contribution in [3.05, 3.63) is 16.6 Å². The molecule has 1 fully saturated rings. The summed E-state index contributed by atoms with van der Waals surface area (Å²) >= 11 is 1.78. The van der Waals surface area contributed by atoms with Crippen LogP contribution in [0.3, 0.4) is 0 Å². The summed E-state index contributed by atoms with van der Waals surface area (Å²) in [5, 5.41) is 6.90. The first kappa shape index (κ1) is 12.0. The Bertz CT molecular complexity index is 310. The van der Waals surface area contributed by atoms with Gasteiger partial charge in [0.15, 0.2) is 0 Å². The smallest absolute Gasteiger partial charge is 0.110 e. The van der Waals surface area contributed by atoms with Crippen LogP contribution in [0.5, 0.6) is 0 Å². The molecule has 3 nitrogen and oxygen atoms in total. The second kappa shape index (κ2) is 5.25. The number of nitrogens with zero attached hydrogens (tertiary/aromatic N) is 2. The van der Waals surface area contributed by atoms with E-state index in [2.05, 4.69) is 41.5 Å². The van der Waals surface area contributed by atoms with Crippen molar-refractivity contribution in [2.75, 3.05) is 20.1 Å². The number of likely N-dealkylation sites (tertiary alicyclic amines) is 1. The Balaban J connectivity index is 2.02. The van der Waals surface area contributed by atoms with Gasteiger partial charge in [0.25, 0.3) is 0 Å². The summed E-state index contributed by atoms with van der Waals surface area (Å²) < 4.78 is 0. The Labute approximate surface area is 102 Å². The third-order valence-electron chi connectivity index (χ3n) is 3.27. The highest BCUT2D eigenvalue weighted by atomic mass is 32.1. The summed E-state index contributed by atoms with van der Waals surface area (Å²) in [5.74, 6) is 0.707. The van der Waals surface area contributed by atoms with Crippen molar-refractivity contribution < 1.29 is 0 Å². The molecule has 0 saturated carbocycles. The maximum atomic E-state index is 4.48. The molecule has 1 aromatic heterocycles. The van der Waals surface area contributed by atoms with Gasteiger partial charge in [0, 0.05) is 24.2 Å². The minimum absolute atomic E-state index is 0.520.